The van der Waals surface area contributed by atoms with Crippen LogP contribution in [-0.4, -0.2) is 31.7 Å². The predicted molar refractivity (Wildman–Crippen MR) is 70.1 cm³/mol. The summed E-state index contributed by atoms with van der Waals surface area (Å²) in [5, 5.41) is 5.90. The van der Waals surface area contributed by atoms with Gasteiger partial charge in [-0.05, 0) is 24.6 Å². The molecule has 4 nitrogen and oxygen atoms in total. The number of halogens is 2. The maximum atomic E-state index is 13.1. The molecule has 2 unspecified atom stereocenters. The lowest BCUT2D eigenvalue weighted by Gasteiger charge is -2.24. The van der Waals surface area contributed by atoms with Crippen LogP contribution in [0.5, 0.6) is 0 Å². The van der Waals surface area contributed by atoms with E-state index in [1.807, 2.05) is 0 Å². The van der Waals surface area contributed by atoms with Crippen LogP contribution >= 0.6 is 0 Å². The van der Waals surface area contributed by atoms with Gasteiger partial charge in [-0.1, -0.05) is 6.07 Å². The topological polar surface area (TPSA) is 50.4 Å². The Balaban J connectivity index is 1.87. The van der Waals surface area contributed by atoms with Crippen LogP contribution < -0.4 is 10.6 Å². The minimum absolute atomic E-state index is 0.138. The van der Waals surface area contributed by atoms with Crippen molar-refractivity contribution in [1.29, 1.82) is 0 Å². The van der Waals surface area contributed by atoms with Crippen LogP contribution in [0.15, 0.2) is 18.2 Å². The smallest absolute Gasteiger partial charge is 0.223 e. The van der Waals surface area contributed by atoms with Gasteiger partial charge in [-0.3, -0.25) is 4.79 Å². The van der Waals surface area contributed by atoms with Crippen molar-refractivity contribution in [2.75, 3.05) is 19.7 Å². The SMILES string of the molecule is CC(NC(=O)CC1CNCCO1)c1ccc(F)c(F)c1. The van der Waals surface area contributed by atoms with Gasteiger partial charge in [-0.25, -0.2) is 8.78 Å². The Morgan fingerprint density at radius 1 is 1.50 bits per heavy atom. The van der Waals surface area contributed by atoms with Gasteiger partial charge in [0, 0.05) is 13.1 Å². The molecule has 2 N–H and O–H groups in total. The Hall–Kier alpha value is -1.53. The number of carbonyl (C=O) groups is 1. The zero-order valence-corrected chi connectivity index (χ0v) is 11.3. The highest BCUT2D eigenvalue weighted by atomic mass is 19.2. The summed E-state index contributed by atoms with van der Waals surface area (Å²) in [7, 11) is 0. The van der Waals surface area contributed by atoms with Crippen molar-refractivity contribution < 1.29 is 18.3 Å². The normalized spacial score (nSPS) is 20.4. The number of amides is 1. The molecule has 1 heterocycles. The first-order valence-electron chi connectivity index (χ1n) is 6.63. The van der Waals surface area contributed by atoms with Crippen molar-refractivity contribution >= 4 is 5.91 Å². The summed E-state index contributed by atoms with van der Waals surface area (Å²) < 4.78 is 31.4. The Labute approximate surface area is 116 Å². The van der Waals surface area contributed by atoms with Crippen LogP contribution in [0.3, 0.4) is 0 Å². The van der Waals surface area contributed by atoms with Crippen LogP contribution in [0.25, 0.3) is 0 Å². The quantitative estimate of drug-likeness (QED) is 0.881. The van der Waals surface area contributed by atoms with Gasteiger partial charge in [0.05, 0.1) is 25.2 Å². The molecule has 1 aromatic rings. The molecule has 20 heavy (non-hydrogen) atoms. The molecule has 0 aromatic heterocycles. The summed E-state index contributed by atoms with van der Waals surface area (Å²) >= 11 is 0. The minimum atomic E-state index is -0.914. The fraction of sp³-hybridized carbons (Fsp3) is 0.500. The van der Waals surface area contributed by atoms with E-state index in [1.165, 1.54) is 6.07 Å². The zero-order valence-electron chi connectivity index (χ0n) is 11.3. The van der Waals surface area contributed by atoms with E-state index in [4.69, 9.17) is 4.74 Å². The second kappa shape index (κ2) is 6.76. The molecule has 1 aromatic carbocycles. The third-order valence-electron chi connectivity index (χ3n) is 3.24. The summed E-state index contributed by atoms with van der Waals surface area (Å²) in [5.74, 6) is -1.98. The average Bonchev–Trinajstić information content (AvgIpc) is 2.42. The monoisotopic (exact) mass is 284 g/mol. The largest absolute Gasteiger partial charge is 0.375 e. The molecule has 2 atom stereocenters. The number of ether oxygens (including phenoxy) is 1. The molecule has 1 saturated heterocycles. The maximum Gasteiger partial charge on any atom is 0.223 e. The van der Waals surface area contributed by atoms with E-state index < -0.39 is 11.6 Å². The number of benzene rings is 1. The molecule has 1 fully saturated rings. The molecule has 6 heteroatoms. The van der Waals surface area contributed by atoms with Gasteiger partial charge >= 0.3 is 0 Å². The minimum Gasteiger partial charge on any atom is -0.375 e. The van der Waals surface area contributed by atoms with Crippen LogP contribution in [0, 0.1) is 11.6 Å². The fourth-order valence-corrected chi connectivity index (χ4v) is 2.12. The lowest BCUT2D eigenvalue weighted by Crippen LogP contribution is -2.41. The van der Waals surface area contributed by atoms with E-state index in [-0.39, 0.29) is 24.5 Å². The Morgan fingerprint density at radius 2 is 2.30 bits per heavy atom. The van der Waals surface area contributed by atoms with Gasteiger partial charge in [0.1, 0.15) is 0 Å². The number of hydrogen-bond donors (Lipinski definition) is 2. The van der Waals surface area contributed by atoms with Gasteiger partial charge in [-0.15, -0.1) is 0 Å². The average molecular weight is 284 g/mol. The van der Waals surface area contributed by atoms with Crippen LogP contribution in [0.4, 0.5) is 8.78 Å². The Kier molecular flexibility index (Phi) is 5.03. The zero-order chi connectivity index (χ0) is 14.5. The predicted octanol–water partition coefficient (Wildman–Crippen LogP) is 1.52. The molecule has 2 rings (SSSR count). The van der Waals surface area contributed by atoms with Gasteiger partial charge in [-0.2, -0.15) is 0 Å². The highest BCUT2D eigenvalue weighted by Crippen LogP contribution is 2.16. The standard InChI is InChI=1S/C14H18F2N2O2/c1-9(10-2-3-12(15)13(16)6-10)18-14(19)7-11-8-17-4-5-20-11/h2-3,6,9,11,17H,4-5,7-8H2,1H3,(H,18,19). The van der Waals surface area contributed by atoms with E-state index in [1.54, 1.807) is 6.92 Å². The van der Waals surface area contributed by atoms with E-state index in [0.29, 0.717) is 18.7 Å². The number of hydrogen-bond acceptors (Lipinski definition) is 3. The fourth-order valence-electron chi connectivity index (χ4n) is 2.12. The summed E-state index contributed by atoms with van der Waals surface area (Å²) in [6, 6.07) is 3.23. The van der Waals surface area contributed by atoms with Crippen LogP contribution in [0.2, 0.25) is 0 Å². The van der Waals surface area contributed by atoms with Crippen molar-refractivity contribution in [3.05, 3.63) is 35.4 Å². The van der Waals surface area contributed by atoms with Crippen LogP contribution in [0.1, 0.15) is 24.9 Å². The molecule has 1 aliphatic heterocycles. The molecule has 0 bridgehead atoms. The molecule has 110 valence electrons. The molecule has 0 spiro atoms. The number of rotatable bonds is 4. The second-order valence-corrected chi connectivity index (χ2v) is 4.86. The van der Waals surface area contributed by atoms with Gasteiger partial charge < -0.3 is 15.4 Å². The van der Waals surface area contributed by atoms with Crippen LogP contribution in [-0.2, 0) is 9.53 Å². The lowest BCUT2D eigenvalue weighted by atomic mass is 10.1. The van der Waals surface area contributed by atoms with E-state index in [0.717, 1.165) is 18.7 Å². The Morgan fingerprint density at radius 3 is 2.95 bits per heavy atom. The summed E-state index contributed by atoms with van der Waals surface area (Å²) in [5.41, 5.74) is 0.528. The third kappa shape index (κ3) is 3.98. The first-order valence-corrected chi connectivity index (χ1v) is 6.63. The van der Waals surface area contributed by atoms with Gasteiger partial charge in [0.25, 0.3) is 0 Å². The highest BCUT2D eigenvalue weighted by molar-refractivity contribution is 5.77. The molecule has 0 saturated carbocycles. The molecular weight excluding hydrogens is 266 g/mol. The first-order chi connectivity index (χ1) is 9.56. The first kappa shape index (κ1) is 14.9. The van der Waals surface area contributed by atoms with E-state index >= 15 is 0 Å². The van der Waals surface area contributed by atoms with Gasteiger partial charge in [0.15, 0.2) is 11.6 Å². The molecule has 0 aliphatic carbocycles. The lowest BCUT2D eigenvalue weighted by molar-refractivity contribution is -0.125. The van der Waals surface area contributed by atoms with Crippen molar-refractivity contribution in [3.63, 3.8) is 0 Å². The van der Waals surface area contributed by atoms with Crippen molar-refractivity contribution in [1.82, 2.24) is 10.6 Å². The van der Waals surface area contributed by atoms with Crippen molar-refractivity contribution in [2.45, 2.75) is 25.5 Å². The van der Waals surface area contributed by atoms with E-state index in [9.17, 15) is 13.6 Å². The second-order valence-electron chi connectivity index (χ2n) is 4.86. The summed E-state index contributed by atoms with van der Waals surface area (Å²) in [4.78, 5) is 11.9. The number of morpholine rings is 1. The number of nitrogens with one attached hydrogen (secondary N) is 2. The van der Waals surface area contributed by atoms with Crippen molar-refractivity contribution in [2.24, 2.45) is 0 Å². The summed E-state index contributed by atoms with van der Waals surface area (Å²) in [6.45, 7) is 3.76. The molecular formula is C14H18F2N2O2. The third-order valence-corrected chi connectivity index (χ3v) is 3.24. The molecule has 1 aliphatic rings. The molecule has 1 amide bonds. The summed E-state index contributed by atoms with van der Waals surface area (Å²) in [6.07, 6.45) is 0.113. The van der Waals surface area contributed by atoms with Gasteiger partial charge in [0.2, 0.25) is 5.91 Å². The molecule has 0 radical (unpaired) electrons. The van der Waals surface area contributed by atoms with E-state index in [2.05, 4.69) is 10.6 Å². The number of carbonyl (C=O) groups excluding carboxylic acids is 1. The van der Waals surface area contributed by atoms with Crippen molar-refractivity contribution in [3.8, 4) is 0 Å². The maximum absolute atomic E-state index is 13.1. The highest BCUT2D eigenvalue weighted by Gasteiger charge is 2.19. The Bertz CT molecular complexity index is 476.